The van der Waals surface area contributed by atoms with Gasteiger partial charge in [0, 0.05) is 21.6 Å². The Kier molecular flexibility index (Phi) is 5.07. The summed E-state index contributed by atoms with van der Waals surface area (Å²) in [5.41, 5.74) is 0.462. The molecule has 0 aliphatic carbocycles. The number of thiophene rings is 1. The van der Waals surface area contributed by atoms with E-state index < -0.39 is 0 Å². The molecule has 0 saturated heterocycles. The van der Waals surface area contributed by atoms with E-state index in [2.05, 4.69) is 26.6 Å². The highest BCUT2D eigenvalue weighted by atomic mass is 79.9. The molecule has 1 amide bonds. The smallest absolute Gasteiger partial charge is 0.238 e. The van der Waals surface area contributed by atoms with E-state index >= 15 is 0 Å². The van der Waals surface area contributed by atoms with Crippen molar-refractivity contribution in [3.8, 4) is 0 Å². The van der Waals surface area contributed by atoms with Crippen molar-refractivity contribution in [2.45, 2.75) is 6.54 Å². The SMILES string of the molecule is O=C(CNCc1sccc1Br)Nc1cccc(F)c1. The summed E-state index contributed by atoms with van der Waals surface area (Å²) in [6.45, 7) is 0.801. The van der Waals surface area contributed by atoms with E-state index in [-0.39, 0.29) is 18.3 Å². The summed E-state index contributed by atoms with van der Waals surface area (Å²) in [6, 6.07) is 7.79. The van der Waals surface area contributed by atoms with Crippen LogP contribution >= 0.6 is 27.3 Å². The monoisotopic (exact) mass is 342 g/mol. The summed E-state index contributed by atoms with van der Waals surface area (Å²) in [7, 11) is 0. The Balaban J connectivity index is 1.77. The van der Waals surface area contributed by atoms with Crippen molar-refractivity contribution >= 4 is 38.9 Å². The quantitative estimate of drug-likeness (QED) is 0.874. The molecule has 0 bridgehead atoms. The fourth-order valence-electron chi connectivity index (χ4n) is 1.51. The van der Waals surface area contributed by atoms with E-state index in [0.717, 1.165) is 9.35 Å². The van der Waals surface area contributed by atoms with Crippen LogP contribution in [0, 0.1) is 5.82 Å². The van der Waals surface area contributed by atoms with Gasteiger partial charge in [-0.2, -0.15) is 0 Å². The van der Waals surface area contributed by atoms with Gasteiger partial charge in [0.25, 0.3) is 0 Å². The van der Waals surface area contributed by atoms with E-state index in [1.54, 1.807) is 23.5 Å². The highest BCUT2D eigenvalue weighted by Gasteiger charge is 2.04. The second kappa shape index (κ2) is 6.79. The van der Waals surface area contributed by atoms with Crippen LogP contribution in [0.3, 0.4) is 0 Å². The molecule has 0 aliphatic heterocycles. The molecule has 1 heterocycles. The van der Waals surface area contributed by atoms with E-state index in [1.807, 2.05) is 11.4 Å². The topological polar surface area (TPSA) is 41.1 Å². The van der Waals surface area contributed by atoms with E-state index in [9.17, 15) is 9.18 Å². The molecule has 2 aromatic rings. The molecule has 19 heavy (non-hydrogen) atoms. The number of nitrogens with one attached hydrogen (secondary N) is 2. The highest BCUT2D eigenvalue weighted by Crippen LogP contribution is 2.21. The number of anilines is 1. The van der Waals surface area contributed by atoms with Gasteiger partial charge in [-0.15, -0.1) is 11.3 Å². The van der Waals surface area contributed by atoms with Gasteiger partial charge in [0.1, 0.15) is 5.82 Å². The second-order valence-electron chi connectivity index (χ2n) is 3.85. The zero-order chi connectivity index (χ0) is 13.7. The maximum atomic E-state index is 12.9. The number of benzene rings is 1. The molecule has 0 spiro atoms. The zero-order valence-electron chi connectivity index (χ0n) is 9.95. The molecule has 0 radical (unpaired) electrons. The Hall–Kier alpha value is -1.24. The van der Waals surface area contributed by atoms with Crippen molar-refractivity contribution in [2.75, 3.05) is 11.9 Å². The van der Waals surface area contributed by atoms with Gasteiger partial charge in [-0.25, -0.2) is 4.39 Å². The number of hydrogen-bond donors (Lipinski definition) is 2. The summed E-state index contributed by atoms with van der Waals surface area (Å²) in [5, 5.41) is 7.65. The zero-order valence-corrected chi connectivity index (χ0v) is 12.4. The lowest BCUT2D eigenvalue weighted by molar-refractivity contribution is -0.115. The lowest BCUT2D eigenvalue weighted by Crippen LogP contribution is -2.27. The van der Waals surface area contributed by atoms with Crippen molar-refractivity contribution in [1.29, 1.82) is 0 Å². The van der Waals surface area contributed by atoms with Gasteiger partial charge in [0.15, 0.2) is 0 Å². The summed E-state index contributed by atoms with van der Waals surface area (Å²) in [5.74, 6) is -0.563. The minimum Gasteiger partial charge on any atom is -0.325 e. The fourth-order valence-corrected chi connectivity index (χ4v) is 2.97. The third kappa shape index (κ3) is 4.41. The van der Waals surface area contributed by atoms with Crippen LogP contribution in [-0.4, -0.2) is 12.5 Å². The van der Waals surface area contributed by atoms with Crippen molar-refractivity contribution in [1.82, 2.24) is 5.32 Å². The Labute approximate surface area is 123 Å². The van der Waals surface area contributed by atoms with Crippen LogP contribution in [-0.2, 0) is 11.3 Å². The van der Waals surface area contributed by atoms with E-state index in [0.29, 0.717) is 12.2 Å². The summed E-state index contributed by atoms with van der Waals surface area (Å²) in [6.07, 6.45) is 0. The Morgan fingerprint density at radius 3 is 2.89 bits per heavy atom. The minimum absolute atomic E-state index is 0.181. The van der Waals surface area contributed by atoms with Gasteiger partial charge < -0.3 is 10.6 Å². The van der Waals surface area contributed by atoms with Crippen molar-refractivity contribution in [2.24, 2.45) is 0 Å². The summed E-state index contributed by atoms with van der Waals surface area (Å²) < 4.78 is 14.0. The first kappa shape index (κ1) is 14.2. The molecule has 6 heteroatoms. The maximum absolute atomic E-state index is 12.9. The van der Waals surface area contributed by atoms with Gasteiger partial charge in [-0.3, -0.25) is 4.79 Å². The van der Waals surface area contributed by atoms with E-state index in [4.69, 9.17) is 0 Å². The first-order chi connectivity index (χ1) is 9.15. The van der Waals surface area contributed by atoms with Crippen LogP contribution in [0.5, 0.6) is 0 Å². The molecule has 0 fully saturated rings. The second-order valence-corrected chi connectivity index (χ2v) is 5.71. The normalized spacial score (nSPS) is 10.4. The number of rotatable bonds is 5. The average Bonchev–Trinajstić information content (AvgIpc) is 2.75. The molecule has 100 valence electrons. The Morgan fingerprint density at radius 2 is 2.21 bits per heavy atom. The van der Waals surface area contributed by atoms with Crippen LogP contribution in [0.25, 0.3) is 0 Å². The van der Waals surface area contributed by atoms with Crippen molar-refractivity contribution in [3.63, 3.8) is 0 Å². The molecule has 1 aromatic carbocycles. The first-order valence-electron chi connectivity index (χ1n) is 5.63. The average molecular weight is 343 g/mol. The Bertz CT molecular complexity index is 573. The molecule has 0 aliphatic rings. The molecule has 0 atom stereocenters. The molecule has 2 N–H and O–H groups in total. The van der Waals surface area contributed by atoms with Crippen molar-refractivity contribution in [3.05, 3.63) is 50.9 Å². The summed E-state index contributed by atoms with van der Waals surface area (Å²) in [4.78, 5) is 12.8. The molecular formula is C13H12BrFN2OS. The maximum Gasteiger partial charge on any atom is 0.238 e. The lowest BCUT2D eigenvalue weighted by Gasteiger charge is -2.06. The van der Waals surface area contributed by atoms with Crippen LogP contribution in [0.2, 0.25) is 0 Å². The fraction of sp³-hybridized carbons (Fsp3) is 0.154. The third-order valence-electron chi connectivity index (χ3n) is 2.37. The number of carbonyl (C=O) groups excluding carboxylic acids is 1. The Morgan fingerprint density at radius 1 is 1.37 bits per heavy atom. The van der Waals surface area contributed by atoms with Gasteiger partial charge in [0.2, 0.25) is 5.91 Å². The number of amides is 1. The molecule has 0 unspecified atom stereocenters. The van der Waals surface area contributed by atoms with Gasteiger partial charge in [0.05, 0.1) is 6.54 Å². The van der Waals surface area contributed by atoms with Gasteiger partial charge in [-0.1, -0.05) is 6.07 Å². The predicted octanol–water partition coefficient (Wildman–Crippen LogP) is 3.38. The van der Waals surface area contributed by atoms with Crippen LogP contribution in [0.15, 0.2) is 40.2 Å². The van der Waals surface area contributed by atoms with Gasteiger partial charge in [-0.05, 0) is 45.6 Å². The largest absolute Gasteiger partial charge is 0.325 e. The minimum atomic E-state index is -0.367. The third-order valence-corrected chi connectivity index (χ3v) is 4.30. The van der Waals surface area contributed by atoms with Gasteiger partial charge >= 0.3 is 0 Å². The highest BCUT2D eigenvalue weighted by molar-refractivity contribution is 9.10. The van der Waals surface area contributed by atoms with Crippen LogP contribution < -0.4 is 10.6 Å². The lowest BCUT2D eigenvalue weighted by atomic mass is 10.3. The standard InChI is InChI=1S/C13H12BrFN2OS/c14-11-4-5-19-12(11)7-16-8-13(18)17-10-3-1-2-9(15)6-10/h1-6,16H,7-8H2,(H,17,18). The molecule has 2 rings (SSSR count). The molecule has 1 aromatic heterocycles. The number of halogens is 2. The first-order valence-corrected chi connectivity index (χ1v) is 7.30. The van der Waals surface area contributed by atoms with Crippen LogP contribution in [0.1, 0.15) is 4.88 Å². The number of hydrogen-bond acceptors (Lipinski definition) is 3. The number of carbonyl (C=O) groups is 1. The summed E-state index contributed by atoms with van der Waals surface area (Å²) >= 11 is 5.04. The van der Waals surface area contributed by atoms with E-state index in [1.165, 1.54) is 12.1 Å². The molecule has 3 nitrogen and oxygen atoms in total. The predicted molar refractivity (Wildman–Crippen MR) is 78.8 cm³/mol. The molecule has 0 saturated carbocycles. The van der Waals surface area contributed by atoms with Crippen LogP contribution in [0.4, 0.5) is 10.1 Å². The molecular weight excluding hydrogens is 331 g/mol. The van der Waals surface area contributed by atoms with Crippen molar-refractivity contribution < 1.29 is 9.18 Å².